The zero-order valence-electron chi connectivity index (χ0n) is 45.8. The molecule has 0 saturated heterocycles. The number of aromatic nitrogens is 1. The summed E-state index contributed by atoms with van der Waals surface area (Å²) >= 11 is 0. The molecule has 7 aromatic carbocycles. The molecular weight excluding hydrogens is 851 g/mol. The summed E-state index contributed by atoms with van der Waals surface area (Å²) < 4.78 is 39.1. The van der Waals surface area contributed by atoms with Crippen LogP contribution in [-0.2, 0) is 27.5 Å². The van der Waals surface area contributed by atoms with E-state index in [9.17, 15) is 4.11 Å². The number of aryl methyl sites for hydroxylation is 1. The Morgan fingerprint density at radius 1 is 0.514 bits per heavy atom. The molecule has 2 atom stereocenters. The van der Waals surface area contributed by atoms with Gasteiger partial charge in [-0.25, -0.2) is 4.90 Å². The molecule has 1 spiro atoms. The fraction of sp³-hybridized carbons (Fsp3) is 0.288. The monoisotopic (exact) mass is 920 g/mol. The maximum atomic E-state index is 9.54. The van der Waals surface area contributed by atoms with Gasteiger partial charge in [0.1, 0.15) is 17.5 Å². The molecule has 5 heterocycles. The highest BCUT2D eigenvalue weighted by molar-refractivity contribution is 6.02. The Labute approximate surface area is 420 Å². The molecule has 350 valence electrons. The first-order valence-corrected chi connectivity index (χ1v) is 25.1. The van der Waals surface area contributed by atoms with Crippen LogP contribution in [0.25, 0.3) is 55.8 Å². The van der Waals surface area contributed by atoms with Gasteiger partial charge in [0.25, 0.3) is 0 Å². The second-order valence-electron chi connectivity index (χ2n) is 24.2. The third kappa shape index (κ3) is 6.37. The van der Waals surface area contributed by atoms with Crippen LogP contribution in [0.1, 0.15) is 132 Å². The fourth-order valence-electron chi connectivity index (χ4n) is 11.9. The van der Waals surface area contributed by atoms with Crippen LogP contribution in [0.3, 0.4) is 0 Å². The SMILES string of the molecule is [2H]C([2H])([2H])c1cc(-c2c(-c3ccccc3)cccc2C(C)(C)C)ccc1N1c2cccc3c2N2C1c1cc(C(C)(C)C)cc(C(C)(C)C)c1OC21c2c-3cc(C(C)(C)C)cc2-c2cc(-c3ccccc3)cc[n+]21. The van der Waals surface area contributed by atoms with E-state index in [4.69, 9.17) is 4.74 Å². The van der Waals surface area contributed by atoms with Crippen LogP contribution in [0.15, 0.2) is 158 Å². The number of para-hydroxylation sites is 1. The van der Waals surface area contributed by atoms with Gasteiger partial charge in [0, 0.05) is 44.2 Å². The summed E-state index contributed by atoms with van der Waals surface area (Å²) in [4.78, 5) is 4.87. The first kappa shape index (κ1) is 40.9. The highest BCUT2D eigenvalue weighted by Crippen LogP contribution is 2.68. The second-order valence-corrected chi connectivity index (χ2v) is 24.2. The maximum absolute atomic E-state index is 9.54. The summed E-state index contributed by atoms with van der Waals surface area (Å²) in [6.07, 6.45) is 1.71. The summed E-state index contributed by atoms with van der Waals surface area (Å²) in [6, 6.07) is 54.6. The normalized spacial score (nSPS) is 18.3. The Hall–Kier alpha value is -6.91. The van der Waals surface area contributed by atoms with Crippen molar-refractivity contribution in [3.05, 3.63) is 197 Å². The molecular formula is C66H66N3O+. The standard InChI is InChI=1S/C66H66N3O/c1-40-34-44(57-47(42-24-18-15-19-25-42)26-20-28-52(57)64(8,9)10)30-31-54(40)68-55-29-21-27-48-49-36-45(62(2,3)4)37-50-56-35-43(41-22-16-14-17-23-41)32-33-67(56)66(58(49)50)69(59(48)55)61(68)51-38-46(63(5,6)7)39-53(60(51)70-66)65(11,12)13/h14-39,61H,1-13H3/q+1/i1D3. The molecule has 0 radical (unpaired) electrons. The highest BCUT2D eigenvalue weighted by Gasteiger charge is 2.70. The number of hydrogen-bond acceptors (Lipinski definition) is 3. The fourth-order valence-corrected chi connectivity index (χ4v) is 11.9. The molecule has 4 nitrogen and oxygen atoms in total. The van der Waals surface area contributed by atoms with Crippen molar-refractivity contribution in [2.24, 2.45) is 0 Å². The van der Waals surface area contributed by atoms with Crippen LogP contribution >= 0.6 is 0 Å². The molecule has 2 unspecified atom stereocenters. The van der Waals surface area contributed by atoms with Gasteiger partial charge < -0.3 is 9.64 Å². The molecule has 70 heavy (non-hydrogen) atoms. The molecule has 0 N–H and O–H groups in total. The minimum atomic E-state index is -2.49. The van der Waals surface area contributed by atoms with Crippen LogP contribution in [0.5, 0.6) is 5.75 Å². The first-order chi connectivity index (χ1) is 34.4. The van der Waals surface area contributed by atoms with Crippen molar-refractivity contribution in [3.63, 3.8) is 0 Å². The van der Waals surface area contributed by atoms with E-state index in [0.29, 0.717) is 11.3 Å². The molecule has 0 bridgehead atoms. The summed E-state index contributed by atoms with van der Waals surface area (Å²) in [5, 5.41) is 0. The van der Waals surface area contributed by atoms with Gasteiger partial charge in [-0.2, -0.15) is 0 Å². The molecule has 12 rings (SSSR count). The van der Waals surface area contributed by atoms with Crippen molar-refractivity contribution in [3.8, 4) is 61.5 Å². The lowest BCUT2D eigenvalue weighted by atomic mass is 9.77. The van der Waals surface area contributed by atoms with Crippen LogP contribution in [-0.4, -0.2) is 0 Å². The number of ether oxygens (including phenoxy) is 1. The van der Waals surface area contributed by atoms with E-state index in [2.05, 4.69) is 243 Å². The Balaban J connectivity index is 1.20. The summed E-state index contributed by atoms with van der Waals surface area (Å²) in [7, 11) is 0. The van der Waals surface area contributed by atoms with Gasteiger partial charge in [-0.15, -0.1) is 4.57 Å². The Morgan fingerprint density at radius 2 is 1.16 bits per heavy atom. The summed E-state index contributed by atoms with van der Waals surface area (Å²) in [5.74, 6) is -0.355. The minimum Gasteiger partial charge on any atom is -0.410 e. The van der Waals surface area contributed by atoms with Gasteiger partial charge in [0.15, 0.2) is 6.20 Å². The van der Waals surface area contributed by atoms with Crippen LogP contribution in [0.4, 0.5) is 17.1 Å². The van der Waals surface area contributed by atoms with E-state index in [0.717, 1.165) is 95.1 Å². The Kier molecular flexibility index (Phi) is 8.66. The van der Waals surface area contributed by atoms with Crippen LogP contribution in [0.2, 0.25) is 0 Å². The van der Waals surface area contributed by atoms with E-state index in [1.54, 1.807) is 0 Å². The largest absolute Gasteiger partial charge is 0.432 e. The molecule has 4 aliphatic heterocycles. The van der Waals surface area contributed by atoms with Crippen molar-refractivity contribution >= 4 is 17.1 Å². The maximum Gasteiger partial charge on any atom is 0.432 e. The molecule has 0 fully saturated rings. The highest BCUT2D eigenvalue weighted by atomic mass is 16.5. The molecule has 8 aromatic rings. The predicted octanol–water partition coefficient (Wildman–Crippen LogP) is 16.8. The van der Waals surface area contributed by atoms with Crippen molar-refractivity contribution < 1.29 is 13.4 Å². The van der Waals surface area contributed by atoms with Gasteiger partial charge in [0.2, 0.25) is 5.69 Å². The number of nitrogens with zero attached hydrogens (tertiary/aromatic N) is 3. The van der Waals surface area contributed by atoms with Gasteiger partial charge in [-0.05, 0) is 121 Å². The molecule has 0 aliphatic carbocycles. The quantitative estimate of drug-likeness (QED) is 0.164. The number of hydrogen-bond donors (Lipinski definition) is 0. The van der Waals surface area contributed by atoms with Gasteiger partial charge in [-0.3, -0.25) is 0 Å². The predicted molar refractivity (Wildman–Crippen MR) is 291 cm³/mol. The van der Waals surface area contributed by atoms with E-state index in [1.165, 1.54) is 11.1 Å². The summed E-state index contributed by atoms with van der Waals surface area (Å²) in [6.45, 7) is 24.8. The second kappa shape index (κ2) is 14.8. The lowest BCUT2D eigenvalue weighted by Gasteiger charge is -2.49. The zero-order valence-corrected chi connectivity index (χ0v) is 42.8. The number of rotatable bonds is 4. The lowest BCUT2D eigenvalue weighted by molar-refractivity contribution is -0.774. The Bertz CT molecular complexity index is 3590. The topological polar surface area (TPSA) is 19.6 Å². The smallest absolute Gasteiger partial charge is 0.410 e. The zero-order chi connectivity index (χ0) is 51.5. The first-order valence-electron chi connectivity index (χ1n) is 26.6. The van der Waals surface area contributed by atoms with E-state index < -0.39 is 18.9 Å². The molecule has 0 amide bonds. The van der Waals surface area contributed by atoms with E-state index >= 15 is 0 Å². The molecule has 4 aliphatic rings. The van der Waals surface area contributed by atoms with Gasteiger partial charge >= 0.3 is 5.85 Å². The van der Waals surface area contributed by atoms with E-state index in [1.807, 2.05) is 12.1 Å². The Morgan fingerprint density at radius 3 is 1.83 bits per heavy atom. The number of anilines is 3. The van der Waals surface area contributed by atoms with Crippen LogP contribution in [0, 0.1) is 6.85 Å². The van der Waals surface area contributed by atoms with Crippen molar-refractivity contribution in [1.82, 2.24) is 0 Å². The van der Waals surface area contributed by atoms with E-state index in [-0.39, 0.29) is 21.7 Å². The average Bonchev–Trinajstić information content (AvgIpc) is 3.84. The minimum absolute atomic E-state index is 0.169. The average molecular weight is 920 g/mol. The van der Waals surface area contributed by atoms with Crippen LogP contribution < -0.4 is 19.1 Å². The molecule has 1 aromatic heterocycles. The molecule has 0 saturated carbocycles. The summed E-state index contributed by atoms with van der Waals surface area (Å²) in [5.41, 5.74) is 19.6. The lowest BCUT2D eigenvalue weighted by Crippen LogP contribution is -2.71. The molecule has 4 heteroatoms. The third-order valence-corrected chi connectivity index (χ3v) is 15.4. The number of fused-ring (bicyclic) bond motifs is 5. The van der Waals surface area contributed by atoms with Crippen molar-refractivity contribution in [1.29, 1.82) is 0 Å². The van der Waals surface area contributed by atoms with Gasteiger partial charge in [0.05, 0.1) is 16.9 Å². The van der Waals surface area contributed by atoms with Crippen molar-refractivity contribution in [2.75, 3.05) is 9.80 Å². The number of pyridine rings is 1. The number of benzene rings is 7. The van der Waals surface area contributed by atoms with Crippen molar-refractivity contribution in [2.45, 2.75) is 124 Å². The van der Waals surface area contributed by atoms with Gasteiger partial charge in [-0.1, -0.05) is 186 Å². The third-order valence-electron chi connectivity index (χ3n) is 15.4.